The predicted molar refractivity (Wildman–Crippen MR) is 75.0 cm³/mol. The third-order valence-corrected chi connectivity index (χ3v) is 2.10. The van der Waals surface area contributed by atoms with Crippen molar-refractivity contribution in [1.29, 1.82) is 0 Å². The molecule has 0 aliphatic carbocycles. The molecule has 1 rings (SSSR count). The predicted octanol–water partition coefficient (Wildman–Crippen LogP) is 4.43. The summed E-state index contributed by atoms with van der Waals surface area (Å²) >= 11 is 0. The molecule has 88 valence electrons. The normalized spacial score (nSPS) is 8.69. The van der Waals surface area contributed by atoms with Crippen molar-refractivity contribution in [2.75, 3.05) is 12.4 Å². The summed E-state index contributed by atoms with van der Waals surface area (Å²) in [6.45, 7) is 11.1. The fourth-order valence-electron chi connectivity index (χ4n) is 1.17. The van der Waals surface area contributed by atoms with Gasteiger partial charge < -0.3 is 5.32 Å². The molecule has 1 aromatic carbocycles. The second kappa shape index (κ2) is 8.78. The summed E-state index contributed by atoms with van der Waals surface area (Å²) in [5.74, 6) is 0. The summed E-state index contributed by atoms with van der Waals surface area (Å²) < 4.78 is 0. The highest BCUT2D eigenvalue weighted by molar-refractivity contribution is 5.44. The van der Waals surface area contributed by atoms with Crippen molar-refractivity contribution in [2.45, 2.75) is 26.7 Å². The van der Waals surface area contributed by atoms with Crippen molar-refractivity contribution in [2.24, 2.45) is 0 Å². The summed E-state index contributed by atoms with van der Waals surface area (Å²) in [5, 5.41) is 3.13. The second-order valence-corrected chi connectivity index (χ2v) is 3.75. The van der Waals surface area contributed by atoms with Crippen molar-refractivity contribution < 1.29 is 0 Å². The quantitative estimate of drug-likeness (QED) is 0.736. The minimum absolute atomic E-state index is 1.02. The van der Waals surface area contributed by atoms with E-state index in [9.17, 15) is 0 Å². The van der Waals surface area contributed by atoms with Crippen molar-refractivity contribution in [3.05, 3.63) is 54.6 Å². The Morgan fingerprint density at radius 1 is 1.44 bits per heavy atom. The Balaban J connectivity index is 0.000000385. The van der Waals surface area contributed by atoms with Crippen LogP contribution in [0.1, 0.15) is 25.8 Å². The molecule has 1 heteroatoms. The van der Waals surface area contributed by atoms with E-state index < -0.39 is 0 Å². The molecule has 0 amide bonds. The van der Waals surface area contributed by atoms with Crippen LogP contribution in [0.4, 0.5) is 5.69 Å². The van der Waals surface area contributed by atoms with Crippen molar-refractivity contribution >= 4 is 5.69 Å². The lowest BCUT2D eigenvalue weighted by Crippen LogP contribution is -1.89. The second-order valence-electron chi connectivity index (χ2n) is 3.75. The molecule has 0 aliphatic rings. The first-order valence-corrected chi connectivity index (χ1v) is 5.68. The third-order valence-electron chi connectivity index (χ3n) is 2.10. The maximum atomic E-state index is 3.56. The Morgan fingerprint density at radius 3 is 2.50 bits per heavy atom. The maximum absolute atomic E-state index is 3.56. The van der Waals surface area contributed by atoms with Crippen LogP contribution in [0.3, 0.4) is 0 Å². The molecule has 1 aromatic rings. The summed E-state index contributed by atoms with van der Waals surface area (Å²) in [6, 6.07) is 8.55. The number of allylic oxidation sites excluding steroid dienone is 2. The summed E-state index contributed by atoms with van der Waals surface area (Å²) in [4.78, 5) is 0. The maximum Gasteiger partial charge on any atom is 0.0340 e. The monoisotopic (exact) mass is 217 g/mol. The van der Waals surface area contributed by atoms with Gasteiger partial charge in [0.1, 0.15) is 0 Å². The molecule has 0 radical (unpaired) electrons. The van der Waals surface area contributed by atoms with Crippen LogP contribution in [0.25, 0.3) is 0 Å². The minimum atomic E-state index is 1.02. The Bertz CT molecular complexity index is 326. The number of hydrogen-bond donors (Lipinski definition) is 1. The molecular weight excluding hydrogens is 194 g/mol. The molecule has 0 atom stereocenters. The van der Waals surface area contributed by atoms with Crippen LogP contribution in [0.15, 0.2) is 49.1 Å². The first-order valence-electron chi connectivity index (χ1n) is 5.68. The first-order chi connectivity index (χ1) is 7.63. The first kappa shape index (κ1) is 14.5. The van der Waals surface area contributed by atoms with Gasteiger partial charge in [0, 0.05) is 12.7 Å². The molecule has 1 N–H and O–H groups in total. The number of aryl methyl sites for hydroxylation is 1. The van der Waals surface area contributed by atoms with E-state index in [-0.39, 0.29) is 0 Å². The zero-order chi connectivity index (χ0) is 12.4. The van der Waals surface area contributed by atoms with Gasteiger partial charge in [0.2, 0.25) is 0 Å². The number of benzene rings is 1. The molecule has 0 bridgehead atoms. The van der Waals surface area contributed by atoms with E-state index >= 15 is 0 Å². The number of anilines is 1. The molecule has 0 aliphatic heterocycles. The van der Waals surface area contributed by atoms with Gasteiger partial charge in [0.25, 0.3) is 0 Å². The van der Waals surface area contributed by atoms with Crippen molar-refractivity contribution in [1.82, 2.24) is 0 Å². The Kier molecular flexibility index (Phi) is 7.96. The molecule has 16 heavy (non-hydrogen) atoms. The van der Waals surface area contributed by atoms with E-state index in [4.69, 9.17) is 0 Å². The average Bonchev–Trinajstić information content (AvgIpc) is 2.30. The highest BCUT2D eigenvalue weighted by Crippen LogP contribution is 2.10. The van der Waals surface area contributed by atoms with Gasteiger partial charge in [-0.25, -0.2) is 0 Å². The van der Waals surface area contributed by atoms with Crippen LogP contribution in [0, 0.1) is 0 Å². The fraction of sp³-hybridized carbons (Fsp3) is 0.333. The molecule has 1 nitrogen and oxygen atoms in total. The molecule has 0 saturated heterocycles. The third kappa shape index (κ3) is 6.88. The van der Waals surface area contributed by atoms with Crippen molar-refractivity contribution in [3.8, 4) is 0 Å². The van der Waals surface area contributed by atoms with Crippen LogP contribution in [0.2, 0.25) is 0 Å². The van der Waals surface area contributed by atoms with E-state index in [0.29, 0.717) is 0 Å². The lowest BCUT2D eigenvalue weighted by atomic mass is 10.1. The SMILES string of the molecule is C=CC(=C)C.CCCc1cccc(NC)c1. The molecule has 0 fully saturated rings. The van der Waals surface area contributed by atoms with Gasteiger partial charge in [-0.3, -0.25) is 0 Å². The van der Waals surface area contributed by atoms with E-state index in [1.54, 1.807) is 6.08 Å². The Morgan fingerprint density at radius 2 is 2.06 bits per heavy atom. The van der Waals surface area contributed by atoms with E-state index in [1.807, 2.05) is 14.0 Å². The van der Waals surface area contributed by atoms with Gasteiger partial charge >= 0.3 is 0 Å². The molecular formula is C15H23N. The van der Waals surface area contributed by atoms with Crippen LogP contribution in [-0.2, 0) is 6.42 Å². The topological polar surface area (TPSA) is 12.0 Å². The van der Waals surface area contributed by atoms with Gasteiger partial charge in [-0.1, -0.05) is 50.3 Å². The highest BCUT2D eigenvalue weighted by Gasteiger charge is 1.91. The molecule has 0 heterocycles. The molecule has 0 saturated carbocycles. The van der Waals surface area contributed by atoms with Crippen LogP contribution in [-0.4, -0.2) is 7.05 Å². The summed E-state index contributed by atoms with van der Waals surface area (Å²) in [5.41, 5.74) is 3.64. The van der Waals surface area contributed by atoms with Crippen molar-refractivity contribution in [3.63, 3.8) is 0 Å². The standard InChI is InChI=1S/C10H15N.C5H8/c1-3-5-9-6-4-7-10(8-9)11-2;1-4-5(2)3/h4,6-8,11H,3,5H2,1-2H3;4H,1-2H2,3H3. The summed E-state index contributed by atoms with van der Waals surface area (Å²) in [7, 11) is 1.95. The van der Waals surface area contributed by atoms with E-state index in [0.717, 1.165) is 5.57 Å². The van der Waals surface area contributed by atoms with E-state index in [2.05, 4.69) is 49.7 Å². The highest BCUT2D eigenvalue weighted by atomic mass is 14.8. The number of hydrogen-bond acceptors (Lipinski definition) is 1. The Hall–Kier alpha value is -1.50. The summed E-state index contributed by atoms with van der Waals surface area (Å²) in [6.07, 6.45) is 4.11. The van der Waals surface area contributed by atoms with Gasteiger partial charge in [-0.15, -0.1) is 0 Å². The largest absolute Gasteiger partial charge is 0.388 e. The molecule has 0 aromatic heterocycles. The Labute approximate surface area is 99.9 Å². The van der Waals surface area contributed by atoms with Gasteiger partial charge in [0.05, 0.1) is 0 Å². The minimum Gasteiger partial charge on any atom is -0.388 e. The van der Waals surface area contributed by atoms with Crippen LogP contribution >= 0.6 is 0 Å². The van der Waals surface area contributed by atoms with E-state index in [1.165, 1.54) is 24.1 Å². The molecule has 0 spiro atoms. The number of rotatable bonds is 4. The van der Waals surface area contributed by atoms with Gasteiger partial charge in [-0.05, 0) is 31.0 Å². The smallest absolute Gasteiger partial charge is 0.0340 e. The number of nitrogens with one attached hydrogen (secondary N) is 1. The zero-order valence-corrected chi connectivity index (χ0v) is 10.7. The fourth-order valence-corrected chi connectivity index (χ4v) is 1.17. The molecule has 0 unspecified atom stereocenters. The van der Waals surface area contributed by atoms with Gasteiger partial charge in [0.15, 0.2) is 0 Å². The zero-order valence-electron chi connectivity index (χ0n) is 10.7. The van der Waals surface area contributed by atoms with Crippen LogP contribution < -0.4 is 5.32 Å². The lowest BCUT2D eigenvalue weighted by molar-refractivity contribution is 0.922. The average molecular weight is 217 g/mol. The van der Waals surface area contributed by atoms with Crippen LogP contribution in [0.5, 0.6) is 0 Å². The lowest BCUT2D eigenvalue weighted by Gasteiger charge is -2.02. The van der Waals surface area contributed by atoms with Gasteiger partial charge in [-0.2, -0.15) is 0 Å².